The summed E-state index contributed by atoms with van der Waals surface area (Å²) in [4.78, 5) is 68.3. The van der Waals surface area contributed by atoms with Crippen LogP contribution < -0.4 is 21.3 Å². The number of rotatable bonds is 8. The largest absolute Gasteiger partial charge is 0.404 e. The normalized spacial score (nSPS) is 18.7. The number of carbonyl (C=O) groups is 4. The minimum absolute atomic E-state index is 0.136. The Labute approximate surface area is 283 Å². The third-order valence-corrected chi connectivity index (χ3v) is 9.40. The predicted octanol–water partition coefficient (Wildman–Crippen LogP) is 3.36. The molecule has 1 aromatic heterocycles. The number of para-hydroxylation sites is 2. The highest BCUT2D eigenvalue weighted by molar-refractivity contribution is 6.09. The molecule has 2 saturated heterocycles. The summed E-state index contributed by atoms with van der Waals surface area (Å²) in [5, 5.41) is 5.34. The quantitative estimate of drug-likeness (QED) is 0.192. The maximum absolute atomic E-state index is 13.3. The van der Waals surface area contributed by atoms with Gasteiger partial charge in [-0.1, -0.05) is 30.3 Å². The number of hydrogen-bond acceptors (Lipinski definition) is 9. The van der Waals surface area contributed by atoms with E-state index >= 15 is 0 Å². The van der Waals surface area contributed by atoms with Gasteiger partial charge < -0.3 is 20.9 Å². The van der Waals surface area contributed by atoms with E-state index in [-0.39, 0.29) is 43.3 Å². The van der Waals surface area contributed by atoms with Gasteiger partial charge in [0, 0.05) is 67.4 Å². The van der Waals surface area contributed by atoms with Crippen LogP contribution >= 0.6 is 0 Å². The first-order valence-electron chi connectivity index (χ1n) is 16.4. The zero-order valence-electron chi connectivity index (χ0n) is 26.8. The van der Waals surface area contributed by atoms with Gasteiger partial charge in [-0.15, -0.1) is 0 Å². The van der Waals surface area contributed by atoms with Gasteiger partial charge in [0.2, 0.25) is 11.8 Å². The number of imide groups is 1. The second-order valence-electron chi connectivity index (χ2n) is 12.4. The van der Waals surface area contributed by atoms with Gasteiger partial charge in [-0.2, -0.15) is 0 Å². The van der Waals surface area contributed by atoms with Crippen molar-refractivity contribution in [3.8, 4) is 0 Å². The molecule has 2 fully saturated rings. The molecular formula is C37H36N8O4. The van der Waals surface area contributed by atoms with E-state index in [1.807, 2.05) is 48.5 Å². The number of nitrogens with one attached hydrogen (secondary N) is 2. The number of amides is 4. The highest BCUT2D eigenvalue weighted by atomic mass is 16.2. The predicted molar refractivity (Wildman–Crippen MR) is 186 cm³/mol. The summed E-state index contributed by atoms with van der Waals surface area (Å²) >= 11 is 0. The lowest BCUT2D eigenvalue weighted by Gasteiger charge is -2.32. The van der Waals surface area contributed by atoms with Crippen molar-refractivity contribution in [1.82, 2.24) is 25.5 Å². The molecule has 3 aromatic carbocycles. The molecule has 3 aliphatic rings. The van der Waals surface area contributed by atoms with Gasteiger partial charge in [-0.05, 0) is 66.8 Å². The molecule has 1 unspecified atom stereocenters. The molecule has 4 N–H and O–H groups in total. The highest BCUT2D eigenvalue weighted by Crippen LogP contribution is 2.30. The Morgan fingerprint density at radius 1 is 1.00 bits per heavy atom. The van der Waals surface area contributed by atoms with Crippen LogP contribution in [0.3, 0.4) is 0 Å². The first-order chi connectivity index (χ1) is 23.9. The molecule has 248 valence electrons. The van der Waals surface area contributed by atoms with E-state index < -0.39 is 11.9 Å². The van der Waals surface area contributed by atoms with Crippen molar-refractivity contribution >= 4 is 52.1 Å². The number of hydrogen-bond donors (Lipinski definition) is 3. The topological polar surface area (TPSA) is 163 Å². The lowest BCUT2D eigenvalue weighted by molar-refractivity contribution is -0.136. The molecule has 0 radical (unpaired) electrons. The fourth-order valence-electron chi connectivity index (χ4n) is 6.69. The molecule has 7 rings (SSSR count). The Morgan fingerprint density at radius 3 is 2.59 bits per heavy atom. The number of fused-ring (bicyclic) bond motifs is 2. The number of allylic oxidation sites excluding steroid dienone is 1. The van der Waals surface area contributed by atoms with E-state index in [9.17, 15) is 19.2 Å². The molecule has 4 amide bonds. The van der Waals surface area contributed by atoms with Crippen LogP contribution in [0.5, 0.6) is 0 Å². The number of benzene rings is 3. The van der Waals surface area contributed by atoms with Crippen LogP contribution in [0.15, 0.2) is 84.1 Å². The van der Waals surface area contributed by atoms with Gasteiger partial charge in [0.1, 0.15) is 6.04 Å². The summed E-state index contributed by atoms with van der Waals surface area (Å²) in [5.41, 5.74) is 12.6. The number of carbonyl (C=O) groups excluding carboxylic acids is 4. The van der Waals surface area contributed by atoms with Crippen LogP contribution in [-0.2, 0) is 22.7 Å². The highest BCUT2D eigenvalue weighted by Gasteiger charge is 2.39. The van der Waals surface area contributed by atoms with Crippen molar-refractivity contribution in [3.63, 3.8) is 0 Å². The number of nitrogens with zero attached hydrogens (tertiary/aromatic N) is 5. The van der Waals surface area contributed by atoms with Crippen molar-refractivity contribution in [2.75, 3.05) is 18.0 Å². The summed E-state index contributed by atoms with van der Waals surface area (Å²) in [6, 6.07) is 20.1. The summed E-state index contributed by atoms with van der Waals surface area (Å²) in [6.07, 6.45) is 7.20. The number of aliphatic imine (C=N–C) groups is 1. The second-order valence-corrected chi connectivity index (χ2v) is 12.4. The summed E-state index contributed by atoms with van der Waals surface area (Å²) in [5.74, 6) is -1.23. The lowest BCUT2D eigenvalue weighted by Crippen LogP contribution is -2.52. The van der Waals surface area contributed by atoms with E-state index in [2.05, 4.69) is 25.5 Å². The average molecular weight is 657 g/mol. The van der Waals surface area contributed by atoms with Crippen molar-refractivity contribution in [3.05, 3.63) is 107 Å². The molecule has 1 atom stereocenters. The molecule has 0 bridgehead atoms. The van der Waals surface area contributed by atoms with E-state index in [1.54, 1.807) is 30.6 Å². The summed E-state index contributed by atoms with van der Waals surface area (Å²) in [6.45, 7) is 2.07. The maximum Gasteiger partial charge on any atom is 0.255 e. The number of piperidine rings is 2. The number of nitrogens with two attached hydrogens (primary N) is 1. The van der Waals surface area contributed by atoms with Crippen LogP contribution in [0.4, 0.5) is 5.69 Å². The van der Waals surface area contributed by atoms with E-state index in [4.69, 9.17) is 10.7 Å². The van der Waals surface area contributed by atoms with Gasteiger partial charge in [0.05, 0.1) is 29.0 Å². The Bertz CT molecular complexity index is 2020. The molecule has 3 aliphatic heterocycles. The van der Waals surface area contributed by atoms with E-state index in [0.717, 1.165) is 59.4 Å². The minimum atomic E-state index is -0.690. The first kappa shape index (κ1) is 31.7. The van der Waals surface area contributed by atoms with Gasteiger partial charge >= 0.3 is 0 Å². The zero-order valence-corrected chi connectivity index (χ0v) is 26.8. The van der Waals surface area contributed by atoms with Crippen LogP contribution in [0.25, 0.3) is 16.6 Å². The van der Waals surface area contributed by atoms with Crippen LogP contribution in [0.1, 0.15) is 63.2 Å². The van der Waals surface area contributed by atoms with Crippen molar-refractivity contribution < 1.29 is 19.2 Å². The molecule has 0 aliphatic carbocycles. The molecule has 4 heterocycles. The first-order valence-corrected chi connectivity index (χ1v) is 16.4. The summed E-state index contributed by atoms with van der Waals surface area (Å²) < 4.78 is 0. The Balaban J connectivity index is 0.947. The van der Waals surface area contributed by atoms with Crippen molar-refractivity contribution in [1.29, 1.82) is 0 Å². The van der Waals surface area contributed by atoms with Crippen molar-refractivity contribution in [2.45, 2.75) is 50.9 Å². The molecule has 12 nitrogen and oxygen atoms in total. The Morgan fingerprint density at radius 2 is 1.80 bits per heavy atom. The van der Waals surface area contributed by atoms with Gasteiger partial charge in [0.15, 0.2) is 0 Å². The Hall–Kier alpha value is -5.91. The summed E-state index contributed by atoms with van der Waals surface area (Å²) in [7, 11) is 0. The average Bonchev–Trinajstić information content (AvgIpc) is 3.47. The smallest absolute Gasteiger partial charge is 0.255 e. The van der Waals surface area contributed by atoms with Gasteiger partial charge in [0.25, 0.3) is 11.8 Å². The lowest BCUT2D eigenvalue weighted by atomic mass is 10.0. The third kappa shape index (κ3) is 6.62. The molecule has 4 aromatic rings. The van der Waals surface area contributed by atoms with Crippen molar-refractivity contribution in [2.24, 2.45) is 10.7 Å². The number of anilines is 1. The second kappa shape index (κ2) is 13.7. The fourth-order valence-corrected chi connectivity index (χ4v) is 6.69. The molecule has 49 heavy (non-hydrogen) atoms. The molecule has 0 spiro atoms. The molecule has 12 heteroatoms. The van der Waals surface area contributed by atoms with E-state index in [0.29, 0.717) is 23.2 Å². The molecule has 0 saturated carbocycles. The fraction of sp³-hybridized carbons (Fsp3) is 0.270. The SMILES string of the molecule is NC=C(C=NC1CCN(c2cccc(C(=O)NCc3cccc4c3CN(C3CCC(=O)NC3=O)C4=O)c2)CC1)c1cnc2ccccc2n1. The van der Waals surface area contributed by atoms with Crippen LogP contribution in [0.2, 0.25) is 0 Å². The van der Waals surface area contributed by atoms with Crippen LogP contribution in [0, 0.1) is 0 Å². The van der Waals surface area contributed by atoms with E-state index in [1.165, 1.54) is 11.1 Å². The number of aromatic nitrogens is 2. The van der Waals surface area contributed by atoms with Gasteiger partial charge in [-0.25, -0.2) is 4.98 Å². The Kier molecular flexibility index (Phi) is 8.84. The zero-order chi connectivity index (χ0) is 33.9. The standard InChI is InChI=1S/C37H36N8O4/c38-18-25(32-21-40-30-9-1-2-10-31(30)42-32)20-39-26-13-15-44(16-14-26)27-7-3-5-23(17-27)35(47)41-19-24-6-4-8-28-29(24)22-45(37(28)49)33-11-12-34(46)43-36(33)48/h1-10,17-18,20-21,26,33H,11-16,19,22,38H2,(H,41,47)(H,43,46,48). The minimum Gasteiger partial charge on any atom is -0.404 e. The maximum atomic E-state index is 13.3. The third-order valence-electron chi connectivity index (χ3n) is 9.40. The van der Waals surface area contributed by atoms with Crippen LogP contribution in [-0.4, -0.2) is 69.9 Å². The molecular weight excluding hydrogens is 620 g/mol. The van der Waals surface area contributed by atoms with Gasteiger partial charge in [-0.3, -0.25) is 34.5 Å². The monoisotopic (exact) mass is 656 g/mol.